The number of rotatable bonds is 4. The summed E-state index contributed by atoms with van der Waals surface area (Å²) in [6.45, 7) is 3.78. The third-order valence-electron chi connectivity index (χ3n) is 4.08. The fourth-order valence-electron chi connectivity index (χ4n) is 2.93. The highest BCUT2D eigenvalue weighted by molar-refractivity contribution is 9.10. The zero-order valence-corrected chi connectivity index (χ0v) is 14.9. The van der Waals surface area contributed by atoms with Crippen molar-refractivity contribution in [2.45, 2.75) is 25.7 Å². The number of aromatic amines is 1. The second-order valence-electron chi connectivity index (χ2n) is 6.06. The van der Waals surface area contributed by atoms with Gasteiger partial charge in [0, 0.05) is 11.0 Å². The highest BCUT2D eigenvalue weighted by atomic mass is 79.9. The first kappa shape index (κ1) is 16.9. The molecule has 1 atom stereocenters. The molecule has 0 radical (unpaired) electrons. The number of carbonyl (C=O) groups excluding carboxylic acids is 1. The van der Waals surface area contributed by atoms with Crippen molar-refractivity contribution in [2.24, 2.45) is 0 Å². The van der Waals surface area contributed by atoms with Gasteiger partial charge in [-0.25, -0.2) is 9.89 Å². The molecular formula is C16H19BrN4O3. The van der Waals surface area contributed by atoms with Crippen LogP contribution in [0.3, 0.4) is 0 Å². The lowest BCUT2D eigenvalue weighted by Crippen LogP contribution is -2.39. The number of halogens is 1. The lowest BCUT2D eigenvalue weighted by Gasteiger charge is -2.30. The summed E-state index contributed by atoms with van der Waals surface area (Å²) >= 11 is 3.46. The van der Waals surface area contributed by atoms with Crippen LogP contribution in [-0.4, -0.2) is 40.6 Å². The van der Waals surface area contributed by atoms with E-state index in [4.69, 9.17) is 4.42 Å². The van der Waals surface area contributed by atoms with Crippen LogP contribution in [0.25, 0.3) is 0 Å². The lowest BCUT2D eigenvalue weighted by molar-refractivity contribution is -0.117. The van der Waals surface area contributed by atoms with E-state index in [1.807, 2.05) is 25.1 Å². The summed E-state index contributed by atoms with van der Waals surface area (Å²) in [5.41, 5.74) is 1.89. The van der Waals surface area contributed by atoms with Gasteiger partial charge in [0.2, 0.25) is 11.8 Å². The molecule has 0 aliphatic carbocycles. The van der Waals surface area contributed by atoms with Gasteiger partial charge in [0.05, 0.1) is 18.2 Å². The predicted molar refractivity (Wildman–Crippen MR) is 93.0 cm³/mol. The Morgan fingerprint density at radius 3 is 3.08 bits per heavy atom. The summed E-state index contributed by atoms with van der Waals surface area (Å²) in [6.07, 6.45) is 1.83. The van der Waals surface area contributed by atoms with Crippen LogP contribution in [0.4, 0.5) is 5.69 Å². The number of nitrogens with zero attached hydrogens (tertiary/aromatic N) is 2. The Morgan fingerprint density at radius 2 is 2.38 bits per heavy atom. The van der Waals surface area contributed by atoms with Gasteiger partial charge in [-0.05, 0) is 59.9 Å². The molecule has 1 aromatic heterocycles. The minimum Gasteiger partial charge on any atom is -0.392 e. The maximum absolute atomic E-state index is 12.3. The number of aryl methyl sites for hydroxylation is 1. The van der Waals surface area contributed by atoms with E-state index < -0.39 is 5.76 Å². The number of benzene rings is 1. The molecule has 1 fully saturated rings. The molecule has 1 saturated heterocycles. The number of carbonyl (C=O) groups is 1. The molecule has 128 valence electrons. The minimum atomic E-state index is -0.538. The van der Waals surface area contributed by atoms with Gasteiger partial charge in [0.1, 0.15) is 0 Å². The number of piperidine rings is 1. The Bertz CT molecular complexity index is 786. The number of nitrogens with one attached hydrogen (secondary N) is 2. The summed E-state index contributed by atoms with van der Waals surface area (Å²) in [6, 6.07) is 5.80. The number of aromatic nitrogens is 2. The Kier molecular flexibility index (Phi) is 5.15. The maximum Gasteiger partial charge on any atom is 0.434 e. The van der Waals surface area contributed by atoms with Gasteiger partial charge in [0.15, 0.2) is 0 Å². The van der Waals surface area contributed by atoms with Crippen molar-refractivity contribution in [3.8, 4) is 0 Å². The van der Waals surface area contributed by atoms with Gasteiger partial charge in [-0.3, -0.25) is 9.69 Å². The molecule has 0 spiro atoms. The third-order valence-corrected chi connectivity index (χ3v) is 4.73. The number of hydrogen-bond acceptors (Lipinski definition) is 5. The monoisotopic (exact) mass is 394 g/mol. The lowest BCUT2D eigenvalue weighted by atomic mass is 9.98. The van der Waals surface area contributed by atoms with Crippen molar-refractivity contribution >= 4 is 27.5 Å². The zero-order valence-electron chi connectivity index (χ0n) is 13.3. The van der Waals surface area contributed by atoms with Crippen LogP contribution in [0.1, 0.15) is 30.2 Å². The quantitative estimate of drug-likeness (QED) is 0.829. The molecule has 1 amide bonds. The molecule has 1 aromatic carbocycles. The Hall–Kier alpha value is -1.93. The molecule has 2 aromatic rings. The van der Waals surface area contributed by atoms with Crippen molar-refractivity contribution in [3.05, 3.63) is 44.7 Å². The topological polar surface area (TPSA) is 91.2 Å². The van der Waals surface area contributed by atoms with Crippen LogP contribution in [0, 0.1) is 6.92 Å². The number of hydrogen-bond donors (Lipinski definition) is 2. The minimum absolute atomic E-state index is 0.0385. The summed E-state index contributed by atoms with van der Waals surface area (Å²) in [4.78, 5) is 25.4. The second kappa shape index (κ2) is 7.31. The van der Waals surface area contributed by atoms with Crippen LogP contribution in [0.5, 0.6) is 0 Å². The van der Waals surface area contributed by atoms with Crippen molar-refractivity contribution in [2.75, 3.05) is 25.0 Å². The molecule has 3 rings (SSSR count). The standard InChI is InChI=1S/C16H19BrN4O3/c1-10-4-5-13(12(17)7-10)18-14(22)9-21-6-2-3-11(8-21)15-19-20-16(23)24-15/h4-5,7,11H,2-3,6,8-9H2,1H3,(H,18,22)(H,20,23)/t11-/m0/s1. The first-order chi connectivity index (χ1) is 11.5. The highest BCUT2D eigenvalue weighted by Crippen LogP contribution is 2.25. The van der Waals surface area contributed by atoms with Crippen molar-refractivity contribution in [1.82, 2.24) is 15.1 Å². The molecule has 0 saturated carbocycles. The van der Waals surface area contributed by atoms with Crippen LogP contribution in [0.2, 0.25) is 0 Å². The summed E-state index contributed by atoms with van der Waals surface area (Å²) in [7, 11) is 0. The molecular weight excluding hydrogens is 376 g/mol. The van der Waals surface area contributed by atoms with Gasteiger partial charge in [-0.2, -0.15) is 0 Å². The van der Waals surface area contributed by atoms with E-state index in [1.54, 1.807) is 0 Å². The average Bonchev–Trinajstić information content (AvgIpc) is 2.97. The number of H-pyrrole nitrogens is 1. The van der Waals surface area contributed by atoms with Gasteiger partial charge in [0.25, 0.3) is 0 Å². The molecule has 2 N–H and O–H groups in total. The third kappa shape index (κ3) is 4.12. The molecule has 2 heterocycles. The smallest absolute Gasteiger partial charge is 0.392 e. The fourth-order valence-corrected chi connectivity index (χ4v) is 3.52. The van der Waals surface area contributed by atoms with E-state index >= 15 is 0 Å². The van der Waals surface area contributed by atoms with E-state index in [2.05, 4.69) is 36.3 Å². The van der Waals surface area contributed by atoms with Gasteiger partial charge in [-0.1, -0.05) is 6.07 Å². The van der Waals surface area contributed by atoms with Gasteiger partial charge in [-0.15, -0.1) is 5.10 Å². The van der Waals surface area contributed by atoms with Crippen LogP contribution in [0.15, 0.2) is 31.9 Å². The van der Waals surface area contributed by atoms with Crippen molar-refractivity contribution in [3.63, 3.8) is 0 Å². The Labute approximate surface area is 147 Å². The Morgan fingerprint density at radius 1 is 1.54 bits per heavy atom. The van der Waals surface area contributed by atoms with Crippen molar-refractivity contribution in [1.29, 1.82) is 0 Å². The van der Waals surface area contributed by atoms with E-state index in [9.17, 15) is 9.59 Å². The second-order valence-corrected chi connectivity index (χ2v) is 6.91. The van der Waals surface area contributed by atoms with Crippen LogP contribution < -0.4 is 11.1 Å². The zero-order chi connectivity index (χ0) is 17.1. The normalized spacial score (nSPS) is 18.5. The van der Waals surface area contributed by atoms with E-state index in [0.29, 0.717) is 19.0 Å². The van der Waals surface area contributed by atoms with Crippen molar-refractivity contribution < 1.29 is 9.21 Å². The van der Waals surface area contributed by atoms with Gasteiger partial charge < -0.3 is 9.73 Å². The number of likely N-dealkylation sites (tertiary alicyclic amines) is 1. The average molecular weight is 395 g/mol. The van der Waals surface area contributed by atoms with E-state index in [0.717, 1.165) is 35.1 Å². The SMILES string of the molecule is Cc1ccc(NC(=O)CN2CCC[C@H](c3n[nH]c(=O)o3)C2)c(Br)c1. The summed E-state index contributed by atoms with van der Waals surface area (Å²) < 4.78 is 5.91. The fraction of sp³-hybridized carbons (Fsp3) is 0.438. The molecule has 0 unspecified atom stereocenters. The highest BCUT2D eigenvalue weighted by Gasteiger charge is 2.26. The number of amides is 1. The first-order valence-electron chi connectivity index (χ1n) is 7.85. The van der Waals surface area contributed by atoms with Crippen LogP contribution >= 0.6 is 15.9 Å². The Balaban J connectivity index is 1.58. The van der Waals surface area contributed by atoms with E-state index in [-0.39, 0.29) is 11.8 Å². The molecule has 7 nitrogen and oxygen atoms in total. The largest absolute Gasteiger partial charge is 0.434 e. The number of anilines is 1. The van der Waals surface area contributed by atoms with Gasteiger partial charge >= 0.3 is 5.76 Å². The van der Waals surface area contributed by atoms with E-state index in [1.165, 1.54) is 0 Å². The van der Waals surface area contributed by atoms with Crippen LogP contribution in [-0.2, 0) is 4.79 Å². The molecule has 8 heteroatoms. The summed E-state index contributed by atoms with van der Waals surface area (Å²) in [5.74, 6) is -0.143. The molecule has 0 bridgehead atoms. The molecule has 24 heavy (non-hydrogen) atoms. The summed E-state index contributed by atoms with van der Waals surface area (Å²) in [5, 5.41) is 9.11. The predicted octanol–water partition coefficient (Wildman–Crippen LogP) is 2.25. The molecule has 1 aliphatic heterocycles. The molecule has 1 aliphatic rings. The first-order valence-corrected chi connectivity index (χ1v) is 8.64. The maximum atomic E-state index is 12.3.